The Bertz CT molecular complexity index is 983. The van der Waals surface area contributed by atoms with E-state index in [0.717, 1.165) is 28.9 Å². The summed E-state index contributed by atoms with van der Waals surface area (Å²) in [5.41, 5.74) is 5.19. The van der Waals surface area contributed by atoms with E-state index in [2.05, 4.69) is 46.6 Å². The third-order valence-electron chi connectivity index (χ3n) is 4.34. The molecular weight excluding hydrogens is 378 g/mol. The summed E-state index contributed by atoms with van der Waals surface area (Å²) in [6.45, 7) is 9.11. The molecule has 0 amide bonds. The Balaban J connectivity index is 2.09. The molecule has 0 aliphatic heterocycles. The molecule has 158 valence electrons. The molecule has 0 atom stereocenters. The minimum Gasteiger partial charge on any atom is -0.477 e. The Kier molecular flexibility index (Phi) is 7.00. The van der Waals surface area contributed by atoms with Crippen LogP contribution in [0.1, 0.15) is 45.4 Å². The van der Waals surface area contributed by atoms with E-state index in [4.69, 9.17) is 15.1 Å². The first-order valence-electron chi connectivity index (χ1n) is 10.2. The van der Waals surface area contributed by atoms with Gasteiger partial charge in [-0.15, -0.1) is 0 Å². The number of aromatic amines is 1. The van der Waals surface area contributed by atoms with Crippen molar-refractivity contribution in [2.24, 2.45) is 0 Å². The number of H-pyrrole nitrogens is 1. The van der Waals surface area contributed by atoms with Crippen LogP contribution in [0.4, 0.5) is 11.4 Å². The number of pyridine rings is 2. The maximum absolute atomic E-state index is 8.32. The van der Waals surface area contributed by atoms with Crippen molar-refractivity contribution in [1.29, 1.82) is 5.41 Å². The number of rotatable bonds is 10. The summed E-state index contributed by atoms with van der Waals surface area (Å²) >= 11 is 0. The van der Waals surface area contributed by atoms with E-state index in [1.165, 1.54) is 0 Å². The molecule has 3 rings (SSSR count). The van der Waals surface area contributed by atoms with Crippen molar-refractivity contribution in [2.45, 2.75) is 46.7 Å². The number of hydrogen-bond acceptors (Lipinski definition) is 7. The van der Waals surface area contributed by atoms with Crippen molar-refractivity contribution in [3.05, 3.63) is 48.0 Å². The van der Waals surface area contributed by atoms with E-state index in [9.17, 15) is 0 Å². The molecule has 8 nitrogen and oxygen atoms in total. The fourth-order valence-corrected chi connectivity index (χ4v) is 3.00. The summed E-state index contributed by atoms with van der Waals surface area (Å²) < 4.78 is 5.84. The number of aromatic nitrogens is 4. The van der Waals surface area contributed by atoms with Gasteiger partial charge in [-0.3, -0.25) is 5.10 Å². The summed E-state index contributed by atoms with van der Waals surface area (Å²) in [6, 6.07) is 5.98. The standard InChI is InChI=1S/C22H29N7O/c1-5-9-30-22-17(7-6-8-24-22)18-10-19(25-11-16-12-26-27-13-16)21(28-14(2)3)20(29-18)15(4)23/h6-8,10,12-14,23,28H,5,9,11H2,1-4H3,(H,25,29)(H,26,27). The maximum atomic E-state index is 8.32. The largest absolute Gasteiger partial charge is 0.477 e. The molecule has 3 aromatic rings. The number of ether oxygens (including phenoxy) is 1. The second-order valence-electron chi connectivity index (χ2n) is 7.37. The van der Waals surface area contributed by atoms with Crippen molar-refractivity contribution in [2.75, 3.05) is 17.2 Å². The van der Waals surface area contributed by atoms with E-state index in [-0.39, 0.29) is 6.04 Å². The minimum absolute atomic E-state index is 0.187. The monoisotopic (exact) mass is 407 g/mol. The van der Waals surface area contributed by atoms with Crippen molar-refractivity contribution in [3.63, 3.8) is 0 Å². The fraction of sp³-hybridized carbons (Fsp3) is 0.364. The van der Waals surface area contributed by atoms with Gasteiger partial charge < -0.3 is 20.8 Å². The Hall–Kier alpha value is -3.42. The van der Waals surface area contributed by atoms with Gasteiger partial charge in [-0.2, -0.15) is 5.10 Å². The highest BCUT2D eigenvalue weighted by atomic mass is 16.5. The zero-order valence-corrected chi connectivity index (χ0v) is 17.9. The van der Waals surface area contributed by atoms with Gasteiger partial charge in [-0.25, -0.2) is 9.97 Å². The summed E-state index contributed by atoms with van der Waals surface area (Å²) in [5.74, 6) is 0.547. The molecule has 0 saturated heterocycles. The summed E-state index contributed by atoms with van der Waals surface area (Å²) in [4.78, 5) is 9.19. The topological polar surface area (TPSA) is 112 Å². The second-order valence-corrected chi connectivity index (χ2v) is 7.37. The predicted octanol–water partition coefficient (Wildman–Crippen LogP) is 4.48. The maximum Gasteiger partial charge on any atom is 0.222 e. The molecule has 0 spiro atoms. The van der Waals surface area contributed by atoms with Gasteiger partial charge in [0.1, 0.15) is 5.69 Å². The zero-order valence-electron chi connectivity index (χ0n) is 17.9. The normalized spacial score (nSPS) is 10.8. The SMILES string of the molecule is CCCOc1ncccc1-c1cc(NCc2cn[nH]c2)c(NC(C)C)c(C(C)=N)n1. The van der Waals surface area contributed by atoms with Crippen molar-refractivity contribution in [1.82, 2.24) is 20.2 Å². The van der Waals surface area contributed by atoms with Crippen LogP contribution in [-0.4, -0.2) is 38.5 Å². The van der Waals surface area contributed by atoms with Crippen LogP contribution in [0.25, 0.3) is 11.3 Å². The Morgan fingerprint density at radius 3 is 2.83 bits per heavy atom. The van der Waals surface area contributed by atoms with E-state index in [1.54, 1.807) is 19.3 Å². The quantitative estimate of drug-likeness (QED) is 0.369. The summed E-state index contributed by atoms with van der Waals surface area (Å²) in [7, 11) is 0. The van der Waals surface area contributed by atoms with Crippen molar-refractivity contribution >= 4 is 17.1 Å². The van der Waals surface area contributed by atoms with E-state index < -0.39 is 0 Å². The van der Waals surface area contributed by atoms with Gasteiger partial charge in [0.15, 0.2) is 0 Å². The fourth-order valence-electron chi connectivity index (χ4n) is 3.00. The smallest absolute Gasteiger partial charge is 0.222 e. The van der Waals surface area contributed by atoms with Crippen LogP contribution >= 0.6 is 0 Å². The van der Waals surface area contributed by atoms with Crippen LogP contribution in [-0.2, 0) is 6.54 Å². The van der Waals surface area contributed by atoms with Crippen LogP contribution < -0.4 is 15.4 Å². The molecule has 0 saturated carbocycles. The van der Waals surface area contributed by atoms with Gasteiger partial charge in [0, 0.05) is 30.5 Å². The minimum atomic E-state index is 0.187. The van der Waals surface area contributed by atoms with Crippen LogP contribution in [0, 0.1) is 5.41 Å². The van der Waals surface area contributed by atoms with E-state index in [1.807, 2.05) is 24.4 Å². The van der Waals surface area contributed by atoms with Gasteiger partial charge in [-0.1, -0.05) is 6.92 Å². The van der Waals surface area contributed by atoms with Crippen LogP contribution in [0.3, 0.4) is 0 Å². The molecule has 0 unspecified atom stereocenters. The third kappa shape index (κ3) is 5.14. The molecule has 30 heavy (non-hydrogen) atoms. The Labute approximate surface area is 177 Å². The van der Waals surface area contributed by atoms with Crippen molar-refractivity contribution < 1.29 is 4.74 Å². The molecule has 0 radical (unpaired) electrons. The first kappa shape index (κ1) is 21.3. The van der Waals surface area contributed by atoms with Crippen LogP contribution in [0.15, 0.2) is 36.8 Å². The number of nitrogens with zero attached hydrogens (tertiary/aromatic N) is 3. The van der Waals surface area contributed by atoms with Gasteiger partial charge in [0.25, 0.3) is 0 Å². The molecule has 8 heteroatoms. The number of nitrogens with one attached hydrogen (secondary N) is 4. The van der Waals surface area contributed by atoms with Crippen molar-refractivity contribution in [3.8, 4) is 17.1 Å². The molecule has 0 aliphatic rings. The lowest BCUT2D eigenvalue weighted by molar-refractivity contribution is 0.306. The zero-order chi connectivity index (χ0) is 21.5. The van der Waals surface area contributed by atoms with E-state index >= 15 is 0 Å². The average molecular weight is 408 g/mol. The van der Waals surface area contributed by atoms with Gasteiger partial charge in [0.05, 0.1) is 41.1 Å². The lowest BCUT2D eigenvalue weighted by Gasteiger charge is -2.21. The molecule has 3 heterocycles. The summed E-state index contributed by atoms with van der Waals surface area (Å²) in [5, 5.41) is 22.1. The first-order chi connectivity index (χ1) is 14.5. The highest BCUT2D eigenvalue weighted by Gasteiger charge is 2.18. The molecule has 0 bridgehead atoms. The first-order valence-corrected chi connectivity index (χ1v) is 10.2. The molecule has 4 N–H and O–H groups in total. The molecule has 3 aromatic heterocycles. The van der Waals surface area contributed by atoms with Crippen LogP contribution in [0.5, 0.6) is 5.88 Å². The lowest BCUT2D eigenvalue weighted by atomic mass is 10.1. The molecular formula is C22H29N7O. The molecule has 0 aliphatic carbocycles. The van der Waals surface area contributed by atoms with Gasteiger partial charge >= 0.3 is 0 Å². The Morgan fingerprint density at radius 2 is 2.17 bits per heavy atom. The highest BCUT2D eigenvalue weighted by Crippen LogP contribution is 2.34. The Morgan fingerprint density at radius 1 is 1.33 bits per heavy atom. The number of anilines is 2. The summed E-state index contributed by atoms with van der Waals surface area (Å²) in [6.07, 6.45) is 6.24. The van der Waals surface area contributed by atoms with Gasteiger partial charge in [0.2, 0.25) is 5.88 Å². The third-order valence-corrected chi connectivity index (χ3v) is 4.34. The van der Waals surface area contributed by atoms with Crippen LogP contribution in [0.2, 0.25) is 0 Å². The lowest BCUT2D eigenvalue weighted by Crippen LogP contribution is -2.17. The van der Waals surface area contributed by atoms with E-state index in [0.29, 0.717) is 36.1 Å². The average Bonchev–Trinajstić information content (AvgIpc) is 3.24. The molecule has 0 aromatic carbocycles. The molecule has 0 fully saturated rings. The second kappa shape index (κ2) is 9.87. The predicted molar refractivity (Wildman–Crippen MR) is 120 cm³/mol. The van der Waals surface area contributed by atoms with Gasteiger partial charge in [-0.05, 0) is 45.4 Å². The number of hydrogen-bond donors (Lipinski definition) is 4. The highest BCUT2D eigenvalue weighted by molar-refractivity contribution is 6.03.